The van der Waals surface area contributed by atoms with E-state index >= 15 is 0 Å². The highest BCUT2D eigenvalue weighted by molar-refractivity contribution is 5.76. The maximum Gasteiger partial charge on any atom is 0.306 e. The molecule has 70 valence electrons. The van der Waals surface area contributed by atoms with Crippen LogP contribution in [0.15, 0.2) is 0 Å². The zero-order valence-corrected chi connectivity index (χ0v) is 7.37. The summed E-state index contributed by atoms with van der Waals surface area (Å²) in [5.41, 5.74) is 0. The third-order valence-corrected chi connectivity index (χ3v) is 1.45. The SMILES string of the molecule is CC[C@H](C)OC(=O)CCC(=O)O. The highest BCUT2D eigenvalue weighted by Crippen LogP contribution is 2.00. The minimum Gasteiger partial charge on any atom is -0.481 e. The molecule has 0 aliphatic carbocycles. The molecule has 0 aromatic rings. The van der Waals surface area contributed by atoms with Crippen molar-refractivity contribution in [1.82, 2.24) is 0 Å². The van der Waals surface area contributed by atoms with E-state index in [-0.39, 0.29) is 18.9 Å². The maximum absolute atomic E-state index is 10.8. The molecule has 0 spiro atoms. The van der Waals surface area contributed by atoms with E-state index in [9.17, 15) is 9.59 Å². The van der Waals surface area contributed by atoms with Crippen molar-refractivity contribution >= 4 is 11.9 Å². The minimum atomic E-state index is -0.976. The van der Waals surface area contributed by atoms with Crippen molar-refractivity contribution in [3.05, 3.63) is 0 Å². The number of carboxylic acid groups (broad SMARTS) is 1. The molecule has 0 fully saturated rings. The van der Waals surface area contributed by atoms with Crippen LogP contribution in [0.25, 0.3) is 0 Å². The molecule has 0 aromatic heterocycles. The molecule has 0 saturated heterocycles. The fraction of sp³-hybridized carbons (Fsp3) is 0.750. The zero-order valence-electron chi connectivity index (χ0n) is 7.37. The van der Waals surface area contributed by atoms with Crippen molar-refractivity contribution in [3.63, 3.8) is 0 Å². The standard InChI is InChI=1S/C8H14O4/c1-3-6(2)12-8(11)5-4-7(9)10/h6H,3-5H2,1-2H3,(H,9,10)/t6-/m0/s1. The number of carboxylic acids is 1. The molecule has 0 bridgehead atoms. The van der Waals surface area contributed by atoms with Gasteiger partial charge in [0, 0.05) is 0 Å². The molecule has 1 N–H and O–H groups in total. The van der Waals surface area contributed by atoms with Crippen molar-refractivity contribution in [3.8, 4) is 0 Å². The van der Waals surface area contributed by atoms with Gasteiger partial charge in [-0.25, -0.2) is 0 Å². The number of ether oxygens (including phenoxy) is 1. The summed E-state index contributed by atoms with van der Waals surface area (Å²) in [6.45, 7) is 3.67. The average molecular weight is 174 g/mol. The quantitative estimate of drug-likeness (QED) is 0.636. The van der Waals surface area contributed by atoms with E-state index in [0.717, 1.165) is 6.42 Å². The number of hydrogen-bond donors (Lipinski definition) is 1. The molecule has 0 rings (SSSR count). The zero-order chi connectivity index (χ0) is 9.56. The molecule has 4 nitrogen and oxygen atoms in total. The van der Waals surface area contributed by atoms with Crippen LogP contribution in [-0.2, 0) is 14.3 Å². The number of rotatable bonds is 5. The Morgan fingerprint density at radius 2 is 2.00 bits per heavy atom. The first-order chi connectivity index (χ1) is 5.56. The Labute approximate surface area is 71.5 Å². The van der Waals surface area contributed by atoms with Gasteiger partial charge in [-0.15, -0.1) is 0 Å². The predicted molar refractivity (Wildman–Crippen MR) is 42.7 cm³/mol. The second-order valence-corrected chi connectivity index (χ2v) is 2.60. The van der Waals surface area contributed by atoms with Crippen molar-refractivity contribution in [2.45, 2.75) is 39.2 Å². The lowest BCUT2D eigenvalue weighted by Crippen LogP contribution is -2.14. The van der Waals surface area contributed by atoms with Gasteiger partial charge in [0.2, 0.25) is 0 Å². The molecule has 4 heteroatoms. The Bertz CT molecular complexity index is 164. The molecule has 0 unspecified atom stereocenters. The molecule has 0 amide bonds. The largest absolute Gasteiger partial charge is 0.481 e. The summed E-state index contributed by atoms with van der Waals surface area (Å²) < 4.78 is 4.85. The summed E-state index contributed by atoms with van der Waals surface area (Å²) >= 11 is 0. The first-order valence-electron chi connectivity index (χ1n) is 3.97. The fourth-order valence-electron chi connectivity index (χ4n) is 0.576. The number of aliphatic carboxylic acids is 1. The van der Waals surface area contributed by atoms with Crippen LogP contribution < -0.4 is 0 Å². The van der Waals surface area contributed by atoms with E-state index in [4.69, 9.17) is 9.84 Å². The first kappa shape index (κ1) is 10.9. The van der Waals surface area contributed by atoms with Crippen molar-refractivity contribution in [1.29, 1.82) is 0 Å². The van der Waals surface area contributed by atoms with Gasteiger partial charge in [0.15, 0.2) is 0 Å². The van der Waals surface area contributed by atoms with E-state index < -0.39 is 11.9 Å². The maximum atomic E-state index is 10.8. The monoisotopic (exact) mass is 174 g/mol. The molecule has 0 aliphatic rings. The summed E-state index contributed by atoms with van der Waals surface area (Å²) in [4.78, 5) is 20.9. The van der Waals surface area contributed by atoms with E-state index in [2.05, 4.69) is 0 Å². The normalized spacial score (nSPS) is 12.2. The minimum absolute atomic E-state index is 0.0420. The highest BCUT2D eigenvalue weighted by atomic mass is 16.5. The summed E-state index contributed by atoms with van der Waals surface area (Å²) in [6, 6.07) is 0. The molecule has 0 radical (unpaired) electrons. The number of hydrogen-bond acceptors (Lipinski definition) is 3. The van der Waals surface area contributed by atoms with Crippen LogP contribution in [-0.4, -0.2) is 23.1 Å². The Kier molecular flexibility index (Phi) is 5.08. The smallest absolute Gasteiger partial charge is 0.306 e. The number of carbonyl (C=O) groups is 2. The predicted octanol–water partition coefficient (Wildman–Crippen LogP) is 1.19. The Balaban J connectivity index is 3.53. The van der Waals surface area contributed by atoms with E-state index in [1.807, 2.05) is 6.92 Å². The van der Waals surface area contributed by atoms with Crippen LogP contribution in [0, 0.1) is 0 Å². The van der Waals surface area contributed by atoms with E-state index in [1.54, 1.807) is 6.92 Å². The van der Waals surface area contributed by atoms with Gasteiger partial charge in [0.25, 0.3) is 0 Å². The van der Waals surface area contributed by atoms with Crippen molar-refractivity contribution in [2.24, 2.45) is 0 Å². The van der Waals surface area contributed by atoms with Crippen molar-refractivity contribution in [2.75, 3.05) is 0 Å². The average Bonchev–Trinajstić information content (AvgIpc) is 2.00. The lowest BCUT2D eigenvalue weighted by atomic mass is 10.3. The van der Waals surface area contributed by atoms with Crippen LogP contribution in [0.3, 0.4) is 0 Å². The van der Waals surface area contributed by atoms with Crippen LogP contribution in [0.4, 0.5) is 0 Å². The molecule has 0 heterocycles. The highest BCUT2D eigenvalue weighted by Gasteiger charge is 2.09. The fourth-order valence-corrected chi connectivity index (χ4v) is 0.576. The van der Waals surface area contributed by atoms with Crippen LogP contribution >= 0.6 is 0 Å². The third-order valence-electron chi connectivity index (χ3n) is 1.45. The Morgan fingerprint density at radius 3 is 2.42 bits per heavy atom. The molecule has 1 atom stereocenters. The van der Waals surface area contributed by atoms with Gasteiger partial charge in [-0.1, -0.05) is 6.92 Å². The molecule has 12 heavy (non-hydrogen) atoms. The topological polar surface area (TPSA) is 63.6 Å². The summed E-state index contributed by atoms with van der Waals surface area (Å²) in [7, 11) is 0. The third kappa shape index (κ3) is 5.70. The summed E-state index contributed by atoms with van der Waals surface area (Å²) in [5.74, 6) is -1.41. The van der Waals surface area contributed by atoms with Gasteiger partial charge in [0.05, 0.1) is 18.9 Å². The lowest BCUT2D eigenvalue weighted by Gasteiger charge is -2.09. The van der Waals surface area contributed by atoms with Gasteiger partial charge in [-0.05, 0) is 13.3 Å². The van der Waals surface area contributed by atoms with Crippen LogP contribution in [0.5, 0.6) is 0 Å². The Hall–Kier alpha value is -1.06. The lowest BCUT2D eigenvalue weighted by molar-refractivity contribution is -0.151. The molecule has 0 aromatic carbocycles. The van der Waals surface area contributed by atoms with Crippen LogP contribution in [0.1, 0.15) is 33.1 Å². The van der Waals surface area contributed by atoms with Crippen molar-refractivity contribution < 1.29 is 19.4 Å². The van der Waals surface area contributed by atoms with Gasteiger partial charge in [-0.3, -0.25) is 9.59 Å². The molecular formula is C8H14O4. The molecule has 0 aliphatic heterocycles. The van der Waals surface area contributed by atoms with E-state index in [0.29, 0.717) is 0 Å². The summed E-state index contributed by atoms with van der Waals surface area (Å²) in [6.07, 6.45) is 0.430. The second kappa shape index (κ2) is 5.57. The first-order valence-corrected chi connectivity index (χ1v) is 3.97. The van der Waals surface area contributed by atoms with Gasteiger partial charge in [-0.2, -0.15) is 0 Å². The van der Waals surface area contributed by atoms with E-state index in [1.165, 1.54) is 0 Å². The number of carbonyl (C=O) groups excluding carboxylic acids is 1. The van der Waals surface area contributed by atoms with Gasteiger partial charge >= 0.3 is 11.9 Å². The van der Waals surface area contributed by atoms with Gasteiger partial charge in [0.1, 0.15) is 0 Å². The second-order valence-electron chi connectivity index (χ2n) is 2.60. The molecular weight excluding hydrogens is 160 g/mol. The van der Waals surface area contributed by atoms with Gasteiger partial charge < -0.3 is 9.84 Å². The molecule has 0 saturated carbocycles. The Morgan fingerprint density at radius 1 is 1.42 bits per heavy atom. The summed E-state index contributed by atoms with van der Waals surface area (Å²) in [5, 5.41) is 8.25. The van der Waals surface area contributed by atoms with Crippen LogP contribution in [0.2, 0.25) is 0 Å². The number of esters is 1.